The number of carbonyl (C=O) groups excluding carboxylic acids is 1. The van der Waals surface area contributed by atoms with Crippen molar-refractivity contribution in [3.05, 3.63) is 83.2 Å². The molecule has 3 aromatic rings. The van der Waals surface area contributed by atoms with Gasteiger partial charge in [-0.3, -0.25) is 4.79 Å². The van der Waals surface area contributed by atoms with Gasteiger partial charge in [0.05, 0.1) is 0 Å². The van der Waals surface area contributed by atoms with Crippen LogP contribution in [0, 0.1) is 0 Å². The second-order valence-electron chi connectivity index (χ2n) is 4.26. The lowest BCUT2D eigenvalue weighted by Crippen LogP contribution is -1.98. The molecule has 0 aliphatic rings. The molecule has 1 aromatic heterocycles. The van der Waals surface area contributed by atoms with Crippen molar-refractivity contribution in [2.24, 2.45) is 0 Å². The molecule has 0 N–H and O–H groups in total. The summed E-state index contributed by atoms with van der Waals surface area (Å²) in [5, 5.41) is 1.93. The first-order valence-corrected chi connectivity index (χ1v) is 6.96. The number of benzene rings is 2. The second-order valence-corrected chi connectivity index (χ2v) is 5.17. The van der Waals surface area contributed by atoms with Gasteiger partial charge in [0.25, 0.3) is 0 Å². The van der Waals surface area contributed by atoms with Crippen molar-refractivity contribution in [2.45, 2.75) is 0 Å². The predicted molar refractivity (Wildman–Crippen MR) is 79.6 cm³/mol. The molecule has 1 nitrogen and oxygen atoms in total. The van der Waals surface area contributed by atoms with Crippen LogP contribution in [0.25, 0.3) is 10.4 Å². The largest absolute Gasteiger partial charge is 0.289 e. The van der Waals surface area contributed by atoms with Crippen molar-refractivity contribution in [3.8, 4) is 10.4 Å². The summed E-state index contributed by atoms with van der Waals surface area (Å²) in [4.78, 5) is 13.4. The van der Waals surface area contributed by atoms with Gasteiger partial charge in [-0.15, -0.1) is 11.3 Å². The number of hydrogen-bond donors (Lipinski definition) is 0. The third-order valence-electron chi connectivity index (χ3n) is 2.96. The lowest BCUT2D eigenvalue weighted by Gasteiger charge is -1.97. The quantitative estimate of drug-likeness (QED) is 0.629. The van der Waals surface area contributed by atoms with Crippen LogP contribution in [0.4, 0.5) is 0 Å². The van der Waals surface area contributed by atoms with Crippen LogP contribution in [-0.2, 0) is 0 Å². The number of ketones is 1. The van der Waals surface area contributed by atoms with E-state index in [4.69, 9.17) is 0 Å². The van der Waals surface area contributed by atoms with Crippen LogP contribution in [0.15, 0.2) is 72.1 Å². The van der Waals surface area contributed by atoms with Gasteiger partial charge in [0.1, 0.15) is 0 Å². The lowest BCUT2D eigenvalue weighted by molar-refractivity contribution is 0.103. The number of hydrogen-bond acceptors (Lipinski definition) is 2. The summed E-state index contributed by atoms with van der Waals surface area (Å²) in [6.07, 6.45) is 0. The summed E-state index contributed by atoms with van der Waals surface area (Å²) in [6.45, 7) is 0. The first kappa shape index (κ1) is 11.9. The highest BCUT2D eigenvalue weighted by Crippen LogP contribution is 2.28. The predicted octanol–water partition coefficient (Wildman–Crippen LogP) is 4.65. The van der Waals surface area contributed by atoms with E-state index in [1.165, 1.54) is 0 Å². The lowest BCUT2D eigenvalue weighted by atomic mass is 10.1. The highest BCUT2D eigenvalue weighted by molar-refractivity contribution is 7.13. The number of rotatable bonds is 3. The van der Waals surface area contributed by atoms with E-state index in [2.05, 4.69) is 12.1 Å². The SMILES string of the molecule is O=C(c1ccccc1)c1csc(-c2ccccc2)c1. The Bertz CT molecular complexity index is 684. The number of carbonyl (C=O) groups is 1. The molecular weight excluding hydrogens is 252 g/mol. The summed E-state index contributed by atoms with van der Waals surface area (Å²) >= 11 is 1.60. The average molecular weight is 264 g/mol. The maximum Gasteiger partial charge on any atom is 0.193 e. The fourth-order valence-corrected chi connectivity index (χ4v) is 2.86. The highest BCUT2D eigenvalue weighted by Gasteiger charge is 2.11. The average Bonchev–Trinajstić information content (AvgIpc) is 2.98. The second kappa shape index (κ2) is 5.21. The third-order valence-corrected chi connectivity index (χ3v) is 3.94. The molecule has 1 heterocycles. The van der Waals surface area contributed by atoms with Gasteiger partial charge in [-0.2, -0.15) is 0 Å². The van der Waals surface area contributed by atoms with E-state index in [0.717, 1.165) is 21.6 Å². The van der Waals surface area contributed by atoms with E-state index in [9.17, 15) is 4.79 Å². The van der Waals surface area contributed by atoms with Crippen molar-refractivity contribution >= 4 is 17.1 Å². The first-order chi connectivity index (χ1) is 9.34. The van der Waals surface area contributed by atoms with Crippen LogP contribution in [0.1, 0.15) is 15.9 Å². The van der Waals surface area contributed by atoms with Gasteiger partial charge in [-0.1, -0.05) is 60.7 Å². The Kier molecular flexibility index (Phi) is 3.25. The molecule has 0 aliphatic carbocycles. The van der Waals surface area contributed by atoms with Gasteiger partial charge < -0.3 is 0 Å². The fraction of sp³-hybridized carbons (Fsp3) is 0. The van der Waals surface area contributed by atoms with Gasteiger partial charge in [-0.05, 0) is 11.6 Å². The molecule has 0 bridgehead atoms. The summed E-state index contributed by atoms with van der Waals surface area (Å²) in [7, 11) is 0. The molecule has 2 aromatic carbocycles. The van der Waals surface area contributed by atoms with Crippen LogP contribution >= 0.6 is 11.3 Å². The maximum absolute atomic E-state index is 12.3. The fourth-order valence-electron chi connectivity index (χ4n) is 1.97. The highest BCUT2D eigenvalue weighted by atomic mass is 32.1. The molecule has 0 aliphatic heterocycles. The Morgan fingerprint density at radius 2 is 1.42 bits per heavy atom. The van der Waals surface area contributed by atoms with Crippen LogP contribution in [0.5, 0.6) is 0 Å². The first-order valence-electron chi connectivity index (χ1n) is 6.08. The Morgan fingerprint density at radius 3 is 2.11 bits per heavy atom. The molecule has 3 rings (SSSR count). The van der Waals surface area contributed by atoms with E-state index >= 15 is 0 Å². The minimum absolute atomic E-state index is 0.0824. The zero-order valence-corrected chi connectivity index (χ0v) is 11.1. The van der Waals surface area contributed by atoms with Crippen molar-refractivity contribution in [1.29, 1.82) is 0 Å². The van der Waals surface area contributed by atoms with Gasteiger partial charge in [-0.25, -0.2) is 0 Å². The topological polar surface area (TPSA) is 17.1 Å². The zero-order chi connectivity index (χ0) is 13.1. The van der Waals surface area contributed by atoms with E-state index in [1.54, 1.807) is 11.3 Å². The standard InChI is InChI=1S/C17H12OS/c18-17(14-9-5-2-6-10-14)15-11-16(19-12-15)13-7-3-1-4-8-13/h1-12H. The normalized spacial score (nSPS) is 10.3. The van der Waals surface area contributed by atoms with Crippen LogP contribution in [-0.4, -0.2) is 5.78 Å². The Labute approximate surface area is 116 Å². The molecule has 0 saturated heterocycles. The smallest absolute Gasteiger partial charge is 0.193 e. The molecule has 0 fully saturated rings. The Morgan fingerprint density at radius 1 is 0.789 bits per heavy atom. The number of thiophene rings is 1. The summed E-state index contributed by atoms with van der Waals surface area (Å²) in [5.74, 6) is 0.0824. The van der Waals surface area contributed by atoms with Gasteiger partial charge in [0.15, 0.2) is 5.78 Å². The summed E-state index contributed by atoms with van der Waals surface area (Å²) < 4.78 is 0. The van der Waals surface area contributed by atoms with E-state index in [-0.39, 0.29) is 5.78 Å². The van der Waals surface area contributed by atoms with Gasteiger partial charge in [0, 0.05) is 21.4 Å². The minimum atomic E-state index is 0.0824. The molecular formula is C17H12OS. The summed E-state index contributed by atoms with van der Waals surface area (Å²) in [5.41, 5.74) is 2.65. The molecule has 0 amide bonds. The van der Waals surface area contributed by atoms with E-state index < -0.39 is 0 Å². The minimum Gasteiger partial charge on any atom is -0.289 e. The van der Waals surface area contributed by atoms with Gasteiger partial charge >= 0.3 is 0 Å². The van der Waals surface area contributed by atoms with Crippen molar-refractivity contribution in [3.63, 3.8) is 0 Å². The maximum atomic E-state index is 12.3. The molecule has 0 saturated carbocycles. The van der Waals surface area contributed by atoms with Crippen molar-refractivity contribution in [2.75, 3.05) is 0 Å². The molecule has 19 heavy (non-hydrogen) atoms. The van der Waals surface area contributed by atoms with Gasteiger partial charge in [0.2, 0.25) is 0 Å². The third kappa shape index (κ3) is 2.49. The molecule has 0 unspecified atom stereocenters. The van der Waals surface area contributed by atoms with Crippen LogP contribution in [0.2, 0.25) is 0 Å². The van der Waals surface area contributed by atoms with Crippen LogP contribution < -0.4 is 0 Å². The molecule has 0 radical (unpaired) electrons. The molecule has 0 spiro atoms. The monoisotopic (exact) mass is 264 g/mol. The zero-order valence-electron chi connectivity index (χ0n) is 10.2. The molecule has 0 atom stereocenters. The van der Waals surface area contributed by atoms with Crippen LogP contribution in [0.3, 0.4) is 0 Å². The van der Waals surface area contributed by atoms with E-state index in [0.29, 0.717) is 0 Å². The Balaban J connectivity index is 1.92. The Hall–Kier alpha value is -2.19. The molecule has 92 valence electrons. The van der Waals surface area contributed by atoms with E-state index in [1.807, 2.05) is 60.0 Å². The summed E-state index contributed by atoms with van der Waals surface area (Å²) in [6, 6.07) is 21.5. The van der Waals surface area contributed by atoms with Crippen molar-refractivity contribution < 1.29 is 4.79 Å². The van der Waals surface area contributed by atoms with Crippen molar-refractivity contribution in [1.82, 2.24) is 0 Å². The molecule has 2 heteroatoms.